The van der Waals surface area contributed by atoms with Crippen molar-refractivity contribution in [3.05, 3.63) is 122 Å². The van der Waals surface area contributed by atoms with E-state index in [0.717, 1.165) is 135 Å². The number of rotatable bonds is 54. The maximum absolute atomic E-state index is 12.9. The van der Waals surface area contributed by atoms with Crippen molar-refractivity contribution in [1.82, 2.24) is 0 Å². The molecule has 1 unspecified atom stereocenters. The van der Waals surface area contributed by atoms with Gasteiger partial charge in [0.1, 0.15) is 13.2 Å². The minimum Gasteiger partial charge on any atom is -0.462 e. The molecule has 0 aromatic rings. The van der Waals surface area contributed by atoms with E-state index in [2.05, 4.69) is 142 Å². The Kier molecular flexibility index (Phi) is 57.9. The Morgan fingerprint density at radius 2 is 0.527 bits per heavy atom. The van der Waals surface area contributed by atoms with E-state index in [4.69, 9.17) is 14.2 Å². The zero-order valence-corrected chi connectivity index (χ0v) is 48.1. The quantitative estimate of drug-likeness (QED) is 0.0261. The second-order valence-corrected chi connectivity index (χ2v) is 19.9. The van der Waals surface area contributed by atoms with Crippen LogP contribution in [0.3, 0.4) is 0 Å². The molecule has 1 atom stereocenters. The third-order valence-corrected chi connectivity index (χ3v) is 12.7. The van der Waals surface area contributed by atoms with Crippen molar-refractivity contribution in [3.63, 3.8) is 0 Å². The smallest absolute Gasteiger partial charge is 0.306 e. The highest BCUT2D eigenvalue weighted by Gasteiger charge is 2.19. The van der Waals surface area contributed by atoms with Crippen LogP contribution in [0.25, 0.3) is 0 Å². The molecule has 0 aliphatic heterocycles. The average Bonchev–Trinajstić information content (AvgIpc) is 3.40. The first-order valence-corrected chi connectivity index (χ1v) is 30.5. The number of carbonyl (C=O) groups excluding carboxylic acids is 3. The number of esters is 3. The number of unbranched alkanes of at least 4 members (excludes halogenated alkanes) is 23. The van der Waals surface area contributed by atoms with Gasteiger partial charge in [-0.25, -0.2) is 0 Å². The molecule has 0 aliphatic rings. The van der Waals surface area contributed by atoms with Crippen LogP contribution in [0.15, 0.2) is 122 Å². The van der Waals surface area contributed by atoms with E-state index in [1.807, 2.05) is 0 Å². The molecule has 0 aromatic carbocycles. The molecule has 0 spiro atoms. The van der Waals surface area contributed by atoms with Crippen LogP contribution in [0.5, 0.6) is 0 Å². The molecule has 0 radical (unpaired) electrons. The minimum atomic E-state index is -0.801. The maximum atomic E-state index is 12.9. The summed E-state index contributed by atoms with van der Waals surface area (Å²) in [6.45, 7) is 6.47. The molecule has 0 amide bonds. The van der Waals surface area contributed by atoms with E-state index in [1.165, 1.54) is 96.3 Å². The van der Waals surface area contributed by atoms with Gasteiger partial charge in [-0.05, 0) is 116 Å². The largest absolute Gasteiger partial charge is 0.462 e. The van der Waals surface area contributed by atoms with Gasteiger partial charge in [-0.1, -0.05) is 258 Å². The van der Waals surface area contributed by atoms with Crippen LogP contribution in [0, 0.1) is 0 Å². The molecular weight excluding hydrogens is 913 g/mol. The van der Waals surface area contributed by atoms with E-state index < -0.39 is 6.10 Å². The van der Waals surface area contributed by atoms with Gasteiger partial charge >= 0.3 is 17.9 Å². The molecule has 0 saturated carbocycles. The van der Waals surface area contributed by atoms with Crippen molar-refractivity contribution < 1.29 is 28.6 Å². The van der Waals surface area contributed by atoms with Crippen LogP contribution in [-0.2, 0) is 28.6 Å². The van der Waals surface area contributed by atoms with Gasteiger partial charge in [0.25, 0.3) is 0 Å². The SMILES string of the molecule is CC/C=C\C/C=C\C/C=C\C/C=C\C/C=C\C/C=C\C/C=C\CCCCCC(=O)OCC(COC(=O)CCCCCCCCCCCC)OC(=O)CCCCCCCC/C=C\C/C=C\C/C=C\CCCCCCC. The topological polar surface area (TPSA) is 78.9 Å². The van der Waals surface area contributed by atoms with Crippen LogP contribution in [0.1, 0.15) is 271 Å². The van der Waals surface area contributed by atoms with Gasteiger partial charge in [0, 0.05) is 19.3 Å². The molecule has 0 rings (SSSR count). The average molecular weight is 1030 g/mol. The van der Waals surface area contributed by atoms with E-state index in [9.17, 15) is 14.4 Å². The summed E-state index contributed by atoms with van der Waals surface area (Å²) in [6, 6.07) is 0. The normalized spacial score (nSPS) is 13.0. The lowest BCUT2D eigenvalue weighted by Crippen LogP contribution is -2.30. The Hall–Kier alpha value is -4.19. The van der Waals surface area contributed by atoms with Gasteiger partial charge in [0.15, 0.2) is 6.10 Å². The Morgan fingerprint density at radius 1 is 0.284 bits per heavy atom. The molecule has 6 nitrogen and oxygen atoms in total. The molecule has 74 heavy (non-hydrogen) atoms. The Balaban J connectivity index is 4.40. The third kappa shape index (κ3) is 58.7. The molecule has 0 aliphatic carbocycles. The van der Waals surface area contributed by atoms with Gasteiger partial charge in [0.05, 0.1) is 0 Å². The van der Waals surface area contributed by atoms with Crippen molar-refractivity contribution in [2.24, 2.45) is 0 Å². The lowest BCUT2D eigenvalue weighted by atomic mass is 10.1. The number of allylic oxidation sites excluding steroid dienone is 20. The Morgan fingerprint density at radius 3 is 0.838 bits per heavy atom. The number of ether oxygens (including phenoxy) is 3. The summed E-state index contributed by atoms with van der Waals surface area (Å²) < 4.78 is 16.8. The second kappa shape index (κ2) is 61.4. The fourth-order valence-corrected chi connectivity index (χ4v) is 8.13. The van der Waals surface area contributed by atoms with E-state index in [0.29, 0.717) is 19.3 Å². The summed E-state index contributed by atoms with van der Waals surface area (Å²) in [7, 11) is 0. The molecule has 0 aromatic heterocycles. The molecular formula is C68H112O6. The molecule has 0 bridgehead atoms. The molecule has 0 fully saturated rings. The van der Waals surface area contributed by atoms with Crippen molar-refractivity contribution in [1.29, 1.82) is 0 Å². The molecule has 0 heterocycles. The number of hydrogen-bond acceptors (Lipinski definition) is 6. The summed E-state index contributed by atoms with van der Waals surface area (Å²) in [5.74, 6) is -0.943. The van der Waals surface area contributed by atoms with Crippen molar-refractivity contribution in [2.75, 3.05) is 13.2 Å². The Labute approximate surface area is 456 Å². The first kappa shape index (κ1) is 69.8. The van der Waals surface area contributed by atoms with E-state index >= 15 is 0 Å². The summed E-state index contributed by atoms with van der Waals surface area (Å²) >= 11 is 0. The molecule has 420 valence electrons. The van der Waals surface area contributed by atoms with Gasteiger partial charge in [0.2, 0.25) is 0 Å². The van der Waals surface area contributed by atoms with Crippen molar-refractivity contribution >= 4 is 17.9 Å². The maximum Gasteiger partial charge on any atom is 0.306 e. The fraction of sp³-hybridized carbons (Fsp3) is 0.662. The number of carbonyl (C=O) groups is 3. The lowest BCUT2D eigenvalue weighted by Gasteiger charge is -2.18. The first-order chi connectivity index (χ1) is 36.5. The fourth-order valence-electron chi connectivity index (χ4n) is 8.13. The molecule has 6 heteroatoms. The molecule has 0 saturated heterocycles. The highest BCUT2D eigenvalue weighted by atomic mass is 16.6. The predicted octanol–water partition coefficient (Wildman–Crippen LogP) is 20.8. The van der Waals surface area contributed by atoms with Gasteiger partial charge in [-0.2, -0.15) is 0 Å². The van der Waals surface area contributed by atoms with E-state index in [-0.39, 0.29) is 31.1 Å². The van der Waals surface area contributed by atoms with Crippen molar-refractivity contribution in [2.45, 2.75) is 277 Å². The Bertz CT molecular complexity index is 1550. The van der Waals surface area contributed by atoms with Gasteiger partial charge in [-0.3, -0.25) is 14.4 Å². The summed E-state index contributed by atoms with van der Waals surface area (Å²) in [5.41, 5.74) is 0. The molecule has 0 N–H and O–H groups in total. The first-order valence-electron chi connectivity index (χ1n) is 30.5. The summed E-state index contributed by atoms with van der Waals surface area (Å²) in [6.07, 6.45) is 84.8. The zero-order chi connectivity index (χ0) is 53.6. The second-order valence-electron chi connectivity index (χ2n) is 19.9. The number of hydrogen-bond donors (Lipinski definition) is 0. The monoisotopic (exact) mass is 1020 g/mol. The van der Waals surface area contributed by atoms with Crippen LogP contribution in [0.2, 0.25) is 0 Å². The van der Waals surface area contributed by atoms with Crippen LogP contribution in [0.4, 0.5) is 0 Å². The van der Waals surface area contributed by atoms with Gasteiger partial charge < -0.3 is 14.2 Å². The van der Waals surface area contributed by atoms with Crippen LogP contribution in [-0.4, -0.2) is 37.2 Å². The predicted molar refractivity (Wildman–Crippen MR) is 320 cm³/mol. The van der Waals surface area contributed by atoms with Gasteiger partial charge in [-0.15, -0.1) is 0 Å². The zero-order valence-electron chi connectivity index (χ0n) is 48.1. The standard InChI is InChI=1S/C68H112O6/c1-4-7-10-13-16-19-22-24-26-28-30-32-33-34-35-37-38-40-42-44-46-49-52-55-58-61-67(70)73-64-65(63-72-66(69)60-57-54-51-48-21-18-15-12-9-6-3)74-68(71)62-59-56-53-50-47-45-43-41-39-36-31-29-27-25-23-20-17-14-11-8-5-2/h7,10,16,19,23-26,29-32,34-35,38-41,44,46,65H,4-6,8-9,11-15,17-18,20-22,27-28,33,36-37,42-43,45,47-64H2,1-3H3/b10-7-,19-16-,25-23-,26-24-,31-29-,32-30-,35-34-,40-38-,41-39-,46-44-. The summed E-state index contributed by atoms with van der Waals surface area (Å²) in [4.78, 5) is 38.2. The van der Waals surface area contributed by atoms with Crippen LogP contribution < -0.4 is 0 Å². The lowest BCUT2D eigenvalue weighted by molar-refractivity contribution is -0.167. The summed E-state index contributed by atoms with van der Waals surface area (Å²) in [5, 5.41) is 0. The highest BCUT2D eigenvalue weighted by molar-refractivity contribution is 5.71. The highest BCUT2D eigenvalue weighted by Crippen LogP contribution is 2.14. The van der Waals surface area contributed by atoms with Crippen molar-refractivity contribution in [3.8, 4) is 0 Å². The third-order valence-electron chi connectivity index (χ3n) is 12.7. The van der Waals surface area contributed by atoms with E-state index in [1.54, 1.807) is 0 Å². The van der Waals surface area contributed by atoms with Crippen LogP contribution >= 0.6 is 0 Å². The minimum absolute atomic E-state index is 0.0953.